The summed E-state index contributed by atoms with van der Waals surface area (Å²) in [6.07, 6.45) is 0. The largest absolute Gasteiger partial charge is 0.478 e. The van der Waals surface area contributed by atoms with Crippen molar-refractivity contribution in [3.8, 4) is 0 Å². The lowest BCUT2D eigenvalue weighted by atomic mass is 9.89. The van der Waals surface area contributed by atoms with Gasteiger partial charge in [0.05, 0.1) is 0 Å². The lowest BCUT2D eigenvalue weighted by Crippen LogP contribution is -2.25. The van der Waals surface area contributed by atoms with Crippen molar-refractivity contribution in [2.75, 3.05) is 13.1 Å². The second-order valence-corrected chi connectivity index (χ2v) is 5.86. The van der Waals surface area contributed by atoms with Gasteiger partial charge >= 0.3 is 5.97 Å². The van der Waals surface area contributed by atoms with Crippen molar-refractivity contribution < 1.29 is 14.3 Å². The summed E-state index contributed by atoms with van der Waals surface area (Å²) in [5.41, 5.74) is 0.957. The average Bonchev–Trinajstić information content (AvgIpc) is 2.62. The second-order valence-electron chi connectivity index (χ2n) is 5.86. The van der Waals surface area contributed by atoms with Crippen molar-refractivity contribution >= 4 is 18.4 Å². The number of hydrogen-bond donors (Lipinski definition) is 1. The van der Waals surface area contributed by atoms with Crippen LogP contribution in [0.25, 0.3) is 0 Å². The van der Waals surface area contributed by atoms with Gasteiger partial charge in [-0.3, -0.25) is 4.90 Å². The molecule has 0 radical (unpaired) electrons. The van der Waals surface area contributed by atoms with E-state index < -0.39 is 5.97 Å². The van der Waals surface area contributed by atoms with Gasteiger partial charge in [-0.05, 0) is 20.0 Å². The third-order valence-corrected chi connectivity index (χ3v) is 3.35. The van der Waals surface area contributed by atoms with Crippen LogP contribution < -0.4 is 0 Å². The molecule has 4 nitrogen and oxygen atoms in total. The molecule has 1 aromatic heterocycles. The highest BCUT2D eigenvalue weighted by atomic mass is 35.5. The summed E-state index contributed by atoms with van der Waals surface area (Å²) >= 11 is 0. The van der Waals surface area contributed by atoms with Gasteiger partial charge in [0.15, 0.2) is 0 Å². The minimum atomic E-state index is -0.904. The molecule has 0 aliphatic carbocycles. The fourth-order valence-corrected chi connectivity index (χ4v) is 2.30. The van der Waals surface area contributed by atoms with Gasteiger partial charge in [0.25, 0.3) is 0 Å². The molecule has 1 aromatic rings. The fraction of sp³-hybridized carbons (Fsp3) is 0.667. The molecule has 1 heterocycles. The first-order chi connectivity index (χ1) is 8.72. The van der Waals surface area contributed by atoms with Gasteiger partial charge in [-0.2, -0.15) is 0 Å². The SMILES string of the molecule is CCN(CC)Cc1c(C(C)(C)C)oc(C)c1C(=O)O.Cl. The maximum absolute atomic E-state index is 11.5. The molecule has 0 spiro atoms. The lowest BCUT2D eigenvalue weighted by Gasteiger charge is -2.22. The molecule has 5 heteroatoms. The van der Waals surface area contributed by atoms with Crippen molar-refractivity contribution in [2.24, 2.45) is 0 Å². The predicted molar refractivity (Wildman–Crippen MR) is 83.0 cm³/mol. The molecule has 1 rings (SSSR count). The van der Waals surface area contributed by atoms with Gasteiger partial charge in [-0.25, -0.2) is 4.79 Å². The van der Waals surface area contributed by atoms with Gasteiger partial charge in [0.2, 0.25) is 0 Å². The molecule has 0 aliphatic heterocycles. The molecule has 0 atom stereocenters. The molecule has 0 saturated heterocycles. The first-order valence-electron chi connectivity index (χ1n) is 6.80. The molecule has 0 saturated carbocycles. The van der Waals surface area contributed by atoms with E-state index in [1.54, 1.807) is 6.92 Å². The number of aromatic carboxylic acids is 1. The molecule has 1 N–H and O–H groups in total. The third-order valence-electron chi connectivity index (χ3n) is 3.35. The fourth-order valence-electron chi connectivity index (χ4n) is 2.30. The Morgan fingerprint density at radius 1 is 1.25 bits per heavy atom. The quantitative estimate of drug-likeness (QED) is 0.897. The van der Waals surface area contributed by atoms with Crippen LogP contribution in [0, 0.1) is 6.92 Å². The lowest BCUT2D eigenvalue weighted by molar-refractivity contribution is 0.0693. The van der Waals surface area contributed by atoms with Crippen LogP contribution in [0.15, 0.2) is 4.42 Å². The Hall–Kier alpha value is -1.00. The Bertz CT molecular complexity index is 456. The van der Waals surface area contributed by atoms with E-state index in [2.05, 4.69) is 18.7 Å². The molecule has 0 fully saturated rings. The smallest absolute Gasteiger partial charge is 0.339 e. The zero-order chi connectivity index (χ0) is 14.8. The molecule has 0 bridgehead atoms. The maximum atomic E-state index is 11.5. The second kappa shape index (κ2) is 7.14. The molecular formula is C15H26ClNO3. The van der Waals surface area contributed by atoms with Crippen molar-refractivity contribution in [1.82, 2.24) is 4.90 Å². The van der Waals surface area contributed by atoms with Crippen molar-refractivity contribution in [3.63, 3.8) is 0 Å². The minimum Gasteiger partial charge on any atom is -0.478 e. The summed E-state index contributed by atoms with van der Waals surface area (Å²) in [4.78, 5) is 13.7. The van der Waals surface area contributed by atoms with Gasteiger partial charge in [0, 0.05) is 17.5 Å². The molecule has 116 valence electrons. The first-order valence-corrected chi connectivity index (χ1v) is 6.80. The summed E-state index contributed by atoms with van der Waals surface area (Å²) in [5, 5.41) is 9.41. The van der Waals surface area contributed by atoms with Crippen molar-refractivity contribution in [2.45, 2.75) is 53.5 Å². The van der Waals surface area contributed by atoms with Gasteiger partial charge in [-0.15, -0.1) is 12.4 Å². The van der Waals surface area contributed by atoms with Crippen LogP contribution in [0.3, 0.4) is 0 Å². The number of halogens is 1. The number of hydrogen-bond acceptors (Lipinski definition) is 3. The average molecular weight is 304 g/mol. The van der Waals surface area contributed by atoms with E-state index in [0.717, 1.165) is 24.4 Å². The first kappa shape index (κ1) is 19.0. The van der Waals surface area contributed by atoms with Crippen LogP contribution in [0.2, 0.25) is 0 Å². The number of nitrogens with zero attached hydrogens (tertiary/aromatic N) is 1. The third kappa shape index (κ3) is 4.00. The molecule has 20 heavy (non-hydrogen) atoms. The number of rotatable bonds is 5. The zero-order valence-electron chi connectivity index (χ0n) is 13.2. The van der Waals surface area contributed by atoms with E-state index in [4.69, 9.17) is 4.42 Å². The Morgan fingerprint density at radius 2 is 1.75 bits per heavy atom. The number of carboxylic acid groups (broad SMARTS) is 1. The number of carboxylic acids is 1. The summed E-state index contributed by atoms with van der Waals surface area (Å²) in [6.45, 7) is 14.4. The van der Waals surface area contributed by atoms with Crippen LogP contribution in [-0.2, 0) is 12.0 Å². The Morgan fingerprint density at radius 3 is 2.10 bits per heavy atom. The summed E-state index contributed by atoms with van der Waals surface area (Å²) < 4.78 is 5.75. The molecule has 0 aromatic carbocycles. The molecular weight excluding hydrogens is 278 g/mol. The highest BCUT2D eigenvalue weighted by Gasteiger charge is 2.30. The zero-order valence-corrected chi connectivity index (χ0v) is 14.1. The monoisotopic (exact) mass is 303 g/mol. The van der Waals surface area contributed by atoms with E-state index in [1.807, 2.05) is 20.8 Å². The summed E-state index contributed by atoms with van der Waals surface area (Å²) in [7, 11) is 0. The number of aryl methyl sites for hydroxylation is 1. The Labute approximate surface area is 127 Å². The van der Waals surface area contributed by atoms with E-state index in [9.17, 15) is 9.90 Å². The normalized spacial score (nSPS) is 11.6. The number of carbonyl (C=O) groups is 1. The predicted octanol–water partition coefficient (Wildman–Crippen LogP) is 3.85. The number of furan rings is 1. The molecule has 0 amide bonds. The van der Waals surface area contributed by atoms with E-state index in [0.29, 0.717) is 17.9 Å². The van der Waals surface area contributed by atoms with Gasteiger partial charge in [-0.1, -0.05) is 34.6 Å². The molecule has 0 aliphatic rings. The van der Waals surface area contributed by atoms with Crippen LogP contribution in [0.5, 0.6) is 0 Å². The van der Waals surface area contributed by atoms with E-state index in [1.165, 1.54) is 0 Å². The van der Waals surface area contributed by atoms with Crippen LogP contribution in [-0.4, -0.2) is 29.1 Å². The standard InChI is InChI=1S/C15H25NO3.ClH/c1-7-16(8-2)9-11-12(14(17)18)10(3)19-13(11)15(4,5)6;/h7-9H2,1-6H3,(H,17,18);1H. The van der Waals surface area contributed by atoms with Crippen molar-refractivity contribution in [1.29, 1.82) is 0 Å². The highest BCUT2D eigenvalue weighted by Crippen LogP contribution is 2.33. The van der Waals surface area contributed by atoms with Crippen LogP contribution in [0.1, 0.15) is 62.1 Å². The van der Waals surface area contributed by atoms with Crippen LogP contribution in [0.4, 0.5) is 0 Å². The summed E-state index contributed by atoms with van der Waals surface area (Å²) in [5.74, 6) is 0.382. The topological polar surface area (TPSA) is 53.7 Å². The van der Waals surface area contributed by atoms with Gasteiger partial charge in [0.1, 0.15) is 17.1 Å². The Kier molecular flexibility index (Phi) is 6.78. The van der Waals surface area contributed by atoms with Gasteiger partial charge < -0.3 is 9.52 Å². The van der Waals surface area contributed by atoms with E-state index >= 15 is 0 Å². The maximum Gasteiger partial charge on any atom is 0.339 e. The highest BCUT2D eigenvalue weighted by molar-refractivity contribution is 5.91. The Balaban J connectivity index is 0.00000361. The van der Waals surface area contributed by atoms with Crippen LogP contribution >= 0.6 is 12.4 Å². The summed E-state index contributed by atoms with van der Waals surface area (Å²) in [6, 6.07) is 0. The van der Waals surface area contributed by atoms with Crippen molar-refractivity contribution in [3.05, 3.63) is 22.6 Å². The van der Waals surface area contributed by atoms with E-state index in [-0.39, 0.29) is 17.8 Å². The minimum absolute atomic E-state index is 0. The molecule has 0 unspecified atom stereocenters.